The number of hydrogen-bond donors (Lipinski definition) is 2. The van der Waals surface area contributed by atoms with E-state index in [1.807, 2.05) is 0 Å². The van der Waals surface area contributed by atoms with Gasteiger partial charge in [-0.25, -0.2) is 0 Å². The fourth-order valence-electron chi connectivity index (χ4n) is 6.91. The molecule has 0 amide bonds. The predicted molar refractivity (Wildman–Crippen MR) is 207 cm³/mol. The summed E-state index contributed by atoms with van der Waals surface area (Å²) >= 11 is 0. The summed E-state index contributed by atoms with van der Waals surface area (Å²) < 4.78 is 55.0. The Kier molecular flexibility index (Phi) is 16.5. The first-order valence-corrected chi connectivity index (χ1v) is 19.3. The van der Waals surface area contributed by atoms with Crippen LogP contribution in [0.25, 0.3) is 0 Å². The summed E-state index contributed by atoms with van der Waals surface area (Å²) in [4.78, 5) is 0. The van der Waals surface area contributed by atoms with Gasteiger partial charge in [-0.1, -0.05) is 72.8 Å². The van der Waals surface area contributed by atoms with Crippen LogP contribution in [0.3, 0.4) is 0 Å². The molecule has 2 aliphatic rings. The zero-order valence-electron chi connectivity index (χ0n) is 31.6. The molecule has 10 bridgehead atoms. The number of aliphatic hydroxyl groups is 2. The summed E-state index contributed by atoms with van der Waals surface area (Å²) in [6, 6.07) is 25.2. The van der Waals surface area contributed by atoms with Crippen LogP contribution in [0.4, 0.5) is 0 Å². The third-order valence-electron chi connectivity index (χ3n) is 9.35. The zero-order valence-corrected chi connectivity index (χ0v) is 31.6. The fourth-order valence-corrected chi connectivity index (χ4v) is 6.91. The topological polar surface area (TPSA) is 124 Å². The molecule has 0 unspecified atom stereocenters. The molecule has 0 saturated carbocycles. The molecule has 0 aromatic heterocycles. The molecule has 6 rings (SSSR count). The normalized spacial score (nSPS) is 15.4. The molecular weight excluding hydrogens is 704 g/mol. The number of benzene rings is 4. The van der Waals surface area contributed by atoms with Crippen molar-refractivity contribution in [2.45, 2.75) is 25.7 Å². The Morgan fingerprint density at radius 3 is 1.02 bits per heavy atom. The maximum Gasteiger partial charge on any atom is 0.126 e. The van der Waals surface area contributed by atoms with Gasteiger partial charge in [-0.2, -0.15) is 0 Å². The van der Waals surface area contributed by atoms with E-state index < -0.39 is 0 Å². The maximum atomic E-state index is 9.25. The summed E-state index contributed by atoms with van der Waals surface area (Å²) in [7, 11) is 0. The molecule has 4 aromatic rings. The van der Waals surface area contributed by atoms with E-state index >= 15 is 0 Å². The molecule has 4 aromatic carbocycles. The molecule has 11 heteroatoms. The first kappa shape index (κ1) is 40.5. The average Bonchev–Trinajstić information content (AvgIpc) is 3.19. The smallest absolute Gasteiger partial charge is 0.126 e. The molecule has 11 nitrogen and oxygen atoms in total. The lowest BCUT2D eigenvalue weighted by Gasteiger charge is -2.23. The third-order valence-corrected chi connectivity index (χ3v) is 9.35. The Hall–Kier alpha value is -4.20. The van der Waals surface area contributed by atoms with Gasteiger partial charge in [0.1, 0.15) is 49.4 Å². The van der Waals surface area contributed by atoms with Gasteiger partial charge in [0.15, 0.2) is 0 Å². The Balaban J connectivity index is 1.48. The minimum Gasteiger partial charge on any atom is -0.491 e. The Morgan fingerprint density at radius 1 is 0.382 bits per heavy atom. The largest absolute Gasteiger partial charge is 0.491 e. The van der Waals surface area contributed by atoms with Crippen molar-refractivity contribution in [2.75, 3.05) is 106 Å². The van der Waals surface area contributed by atoms with Crippen molar-refractivity contribution in [1.29, 1.82) is 0 Å². The van der Waals surface area contributed by atoms with Gasteiger partial charge >= 0.3 is 0 Å². The van der Waals surface area contributed by atoms with E-state index in [1.165, 1.54) is 0 Å². The molecule has 296 valence electrons. The number of rotatable bonds is 12. The number of fused-ring (bicyclic) bond motifs is 2. The van der Waals surface area contributed by atoms with Crippen LogP contribution in [0.5, 0.6) is 23.0 Å². The molecule has 0 spiro atoms. The predicted octanol–water partition coefficient (Wildman–Crippen LogP) is 4.96. The zero-order chi connectivity index (χ0) is 37.9. The van der Waals surface area contributed by atoms with E-state index in [4.69, 9.17) is 42.6 Å². The minimum atomic E-state index is -0.0415. The van der Waals surface area contributed by atoms with E-state index in [-0.39, 0.29) is 26.4 Å². The summed E-state index contributed by atoms with van der Waals surface area (Å²) in [5, 5.41) is 18.5. The number of aliphatic hydroxyl groups excluding tert-OH is 2. The Bertz CT molecular complexity index is 1550. The highest BCUT2D eigenvalue weighted by molar-refractivity contribution is 5.56. The van der Waals surface area contributed by atoms with Crippen LogP contribution in [0.2, 0.25) is 0 Å². The van der Waals surface area contributed by atoms with E-state index in [0.717, 1.165) is 67.5 Å². The first-order valence-electron chi connectivity index (χ1n) is 19.3. The second-order valence-electron chi connectivity index (χ2n) is 13.2. The van der Waals surface area contributed by atoms with E-state index in [2.05, 4.69) is 72.8 Å². The molecule has 0 fully saturated rings. The second kappa shape index (κ2) is 22.4. The van der Waals surface area contributed by atoms with Crippen molar-refractivity contribution >= 4 is 0 Å². The molecule has 55 heavy (non-hydrogen) atoms. The molecular formula is C44H54O11. The van der Waals surface area contributed by atoms with Crippen molar-refractivity contribution in [2.24, 2.45) is 0 Å². The number of hydrogen-bond acceptors (Lipinski definition) is 11. The van der Waals surface area contributed by atoms with Crippen molar-refractivity contribution in [3.8, 4) is 23.0 Å². The van der Waals surface area contributed by atoms with Gasteiger partial charge in [0.25, 0.3) is 0 Å². The average molecular weight is 759 g/mol. The highest BCUT2D eigenvalue weighted by Gasteiger charge is 2.22. The van der Waals surface area contributed by atoms with Crippen LogP contribution in [0.1, 0.15) is 44.5 Å². The lowest BCUT2D eigenvalue weighted by atomic mass is 9.91. The summed E-state index contributed by atoms with van der Waals surface area (Å²) in [5.41, 5.74) is 8.17. The SMILES string of the molecule is OCCOCCOc1c2cccc1Cc1cccc3c1OCCOCCOCCOCCOc1c(cccc1Cc1cccc(c1OCCOCCO)C3)C2. The van der Waals surface area contributed by atoms with Gasteiger partial charge in [0.05, 0.1) is 79.3 Å². The second-order valence-corrected chi connectivity index (χ2v) is 13.2. The van der Waals surface area contributed by atoms with Gasteiger partial charge in [-0.3, -0.25) is 0 Å². The summed E-state index contributed by atoms with van der Waals surface area (Å²) in [5.74, 6) is 3.21. The van der Waals surface area contributed by atoms with Crippen LogP contribution in [0.15, 0.2) is 72.8 Å². The highest BCUT2D eigenvalue weighted by Crippen LogP contribution is 2.39. The number of ether oxygens (including phenoxy) is 9. The van der Waals surface area contributed by atoms with Gasteiger partial charge in [0.2, 0.25) is 0 Å². The van der Waals surface area contributed by atoms with Crippen LogP contribution >= 0.6 is 0 Å². The number of para-hydroxylation sites is 4. The van der Waals surface area contributed by atoms with Crippen LogP contribution < -0.4 is 18.9 Å². The molecule has 0 saturated heterocycles. The van der Waals surface area contributed by atoms with Crippen molar-refractivity contribution < 1.29 is 52.8 Å². The lowest BCUT2D eigenvalue weighted by Crippen LogP contribution is -2.16. The van der Waals surface area contributed by atoms with E-state index in [9.17, 15) is 10.2 Å². The van der Waals surface area contributed by atoms with Gasteiger partial charge in [-0.15, -0.1) is 0 Å². The Labute approximate surface area is 324 Å². The molecule has 1 aliphatic carbocycles. The minimum absolute atomic E-state index is 0.0415. The first-order chi connectivity index (χ1) is 27.2. The van der Waals surface area contributed by atoms with E-state index in [1.54, 1.807) is 0 Å². The van der Waals surface area contributed by atoms with Crippen molar-refractivity contribution in [3.63, 3.8) is 0 Å². The highest BCUT2D eigenvalue weighted by atomic mass is 16.6. The molecule has 0 radical (unpaired) electrons. The van der Waals surface area contributed by atoms with Gasteiger partial charge in [0, 0.05) is 25.7 Å². The molecule has 0 atom stereocenters. The van der Waals surface area contributed by atoms with Crippen LogP contribution in [0, 0.1) is 0 Å². The maximum absolute atomic E-state index is 9.25. The summed E-state index contributed by atoms with van der Waals surface area (Å²) in [6.07, 6.45) is 2.24. The fraction of sp³-hybridized carbons (Fsp3) is 0.455. The lowest BCUT2D eigenvalue weighted by molar-refractivity contribution is 0.00484. The monoisotopic (exact) mass is 758 g/mol. The van der Waals surface area contributed by atoms with Crippen molar-refractivity contribution in [3.05, 3.63) is 117 Å². The molecule has 1 aliphatic heterocycles. The summed E-state index contributed by atoms with van der Waals surface area (Å²) in [6.45, 7) is 5.15. The van der Waals surface area contributed by atoms with Gasteiger partial charge < -0.3 is 52.8 Å². The molecule has 2 N–H and O–H groups in total. The van der Waals surface area contributed by atoms with E-state index in [0.29, 0.717) is 105 Å². The van der Waals surface area contributed by atoms with Crippen molar-refractivity contribution in [1.82, 2.24) is 0 Å². The van der Waals surface area contributed by atoms with Crippen LogP contribution in [-0.4, -0.2) is 116 Å². The van der Waals surface area contributed by atoms with Gasteiger partial charge in [-0.05, 0) is 44.5 Å². The molecule has 1 heterocycles. The standard InChI is InChI=1S/C44H54O11/c45-13-15-47-21-25-52-41-33-5-1-6-34(41)30-38-10-4-12-40-32-36-8-2-7-35(42(36)53-26-22-48-16-14-46)31-39-11-3-9-37(29-33)43(39)54-27-23-50-19-17-49-18-20-51-24-28-55-44(38)40/h1-12,45-46H,13-32H2. The third kappa shape index (κ3) is 11.9. The Morgan fingerprint density at radius 2 is 0.691 bits per heavy atom. The quantitative estimate of drug-likeness (QED) is 0.168. The van der Waals surface area contributed by atoms with Crippen LogP contribution in [-0.2, 0) is 49.4 Å².